The van der Waals surface area contributed by atoms with Crippen LogP contribution in [0.15, 0.2) is 11.8 Å². The number of carbonyl (C=O) groups is 1. The van der Waals surface area contributed by atoms with Crippen LogP contribution in [0.5, 0.6) is 0 Å². The van der Waals surface area contributed by atoms with Crippen molar-refractivity contribution in [2.45, 2.75) is 58.5 Å². The maximum atomic E-state index is 11.2. The van der Waals surface area contributed by atoms with Gasteiger partial charge in [-0.05, 0) is 46.0 Å². The zero-order valence-electron chi connectivity index (χ0n) is 12.0. The second kappa shape index (κ2) is 8.14. The first kappa shape index (κ1) is 17.0. The normalized spacial score (nSPS) is 17.1. The van der Waals surface area contributed by atoms with E-state index < -0.39 is 5.60 Å². The van der Waals surface area contributed by atoms with Crippen molar-refractivity contribution in [3.8, 4) is 0 Å². The van der Waals surface area contributed by atoms with Gasteiger partial charge in [-0.3, -0.25) is 4.79 Å². The lowest BCUT2D eigenvalue weighted by atomic mass is 9.91. The van der Waals surface area contributed by atoms with E-state index in [2.05, 4.69) is 4.74 Å². The smallest absolute Gasteiger partial charge is 0.308 e. The summed E-state index contributed by atoms with van der Waals surface area (Å²) in [4.78, 5) is 11.2. The van der Waals surface area contributed by atoms with Crippen LogP contribution in [0.2, 0.25) is 0 Å². The first-order chi connectivity index (χ1) is 8.28. The van der Waals surface area contributed by atoms with Gasteiger partial charge in [0.05, 0.1) is 18.6 Å². The molecule has 3 N–H and O–H groups in total. The van der Waals surface area contributed by atoms with Gasteiger partial charge in [0.15, 0.2) is 0 Å². The van der Waals surface area contributed by atoms with Gasteiger partial charge in [0, 0.05) is 5.70 Å². The molecule has 4 heteroatoms. The molecule has 0 saturated carbocycles. The summed E-state index contributed by atoms with van der Waals surface area (Å²) in [7, 11) is 1.40. The van der Waals surface area contributed by atoms with Crippen LogP contribution < -0.4 is 5.73 Å². The molecular formula is C14H27NO3. The molecule has 0 spiro atoms. The van der Waals surface area contributed by atoms with Gasteiger partial charge in [0.1, 0.15) is 0 Å². The minimum atomic E-state index is -0.693. The van der Waals surface area contributed by atoms with Crippen molar-refractivity contribution in [3.05, 3.63) is 11.8 Å². The van der Waals surface area contributed by atoms with Gasteiger partial charge < -0.3 is 15.6 Å². The quantitative estimate of drug-likeness (QED) is 0.655. The number of aliphatic hydroxyl groups is 1. The van der Waals surface area contributed by atoms with Crippen LogP contribution in [0.3, 0.4) is 0 Å². The molecule has 0 aromatic carbocycles. The Labute approximate surface area is 110 Å². The van der Waals surface area contributed by atoms with Gasteiger partial charge >= 0.3 is 5.97 Å². The number of nitrogens with two attached hydrogens (primary N) is 1. The highest BCUT2D eigenvalue weighted by Crippen LogP contribution is 2.22. The highest BCUT2D eigenvalue weighted by Gasteiger charge is 2.20. The van der Waals surface area contributed by atoms with E-state index in [1.54, 1.807) is 0 Å². The molecule has 4 nitrogen and oxygen atoms in total. The van der Waals surface area contributed by atoms with Gasteiger partial charge in [-0.25, -0.2) is 0 Å². The molecule has 0 aromatic rings. The molecule has 0 aliphatic rings. The summed E-state index contributed by atoms with van der Waals surface area (Å²) in [5.74, 6) is -0.284. The Morgan fingerprint density at radius 3 is 2.61 bits per heavy atom. The fourth-order valence-electron chi connectivity index (χ4n) is 1.84. The summed E-state index contributed by atoms with van der Waals surface area (Å²) in [5, 5.41) is 10.1. The average Bonchev–Trinajstić information content (AvgIpc) is 2.26. The fourth-order valence-corrected chi connectivity index (χ4v) is 1.84. The molecule has 0 aliphatic carbocycles. The number of hydrogen-bond donors (Lipinski definition) is 2. The Morgan fingerprint density at radius 1 is 1.50 bits per heavy atom. The van der Waals surface area contributed by atoms with Gasteiger partial charge in [0.25, 0.3) is 0 Å². The lowest BCUT2D eigenvalue weighted by molar-refractivity contribution is -0.145. The first-order valence-corrected chi connectivity index (χ1v) is 6.51. The summed E-state index contributed by atoms with van der Waals surface area (Å²) in [5.41, 5.74) is 5.63. The van der Waals surface area contributed by atoms with E-state index in [0.717, 1.165) is 25.0 Å². The molecule has 0 radical (unpaired) electrons. The highest BCUT2D eigenvalue weighted by molar-refractivity contribution is 5.71. The Hall–Kier alpha value is -1.03. The minimum Gasteiger partial charge on any atom is -0.469 e. The monoisotopic (exact) mass is 257 g/mol. The molecule has 0 fully saturated rings. The minimum absolute atomic E-state index is 0.100. The summed E-state index contributed by atoms with van der Waals surface area (Å²) >= 11 is 0. The third-order valence-electron chi connectivity index (χ3n) is 3.11. The van der Waals surface area contributed by atoms with Crippen molar-refractivity contribution in [3.63, 3.8) is 0 Å². The molecule has 2 unspecified atom stereocenters. The van der Waals surface area contributed by atoms with E-state index in [1.165, 1.54) is 7.11 Å². The van der Waals surface area contributed by atoms with Crippen LogP contribution in [0.4, 0.5) is 0 Å². The maximum absolute atomic E-state index is 11.2. The van der Waals surface area contributed by atoms with Crippen molar-refractivity contribution in [1.82, 2.24) is 0 Å². The third kappa shape index (κ3) is 8.12. The lowest BCUT2D eigenvalue weighted by Gasteiger charge is -2.23. The molecule has 0 saturated heterocycles. The molecule has 0 bridgehead atoms. The maximum Gasteiger partial charge on any atom is 0.308 e. The number of methoxy groups -OCH3 is 1. The van der Waals surface area contributed by atoms with Crippen molar-refractivity contribution >= 4 is 5.97 Å². The average molecular weight is 257 g/mol. The van der Waals surface area contributed by atoms with Gasteiger partial charge in [0.2, 0.25) is 0 Å². The van der Waals surface area contributed by atoms with Crippen LogP contribution >= 0.6 is 0 Å². The van der Waals surface area contributed by atoms with Crippen molar-refractivity contribution in [1.29, 1.82) is 0 Å². The van der Waals surface area contributed by atoms with E-state index >= 15 is 0 Å². The van der Waals surface area contributed by atoms with Gasteiger partial charge in [-0.1, -0.05) is 13.0 Å². The predicted octanol–water partition coefficient (Wildman–Crippen LogP) is 2.36. The molecule has 106 valence electrons. The molecule has 0 amide bonds. The second-order valence-electron chi connectivity index (χ2n) is 5.30. The lowest BCUT2D eigenvalue weighted by Crippen LogP contribution is -2.24. The van der Waals surface area contributed by atoms with Crippen molar-refractivity contribution in [2.75, 3.05) is 7.11 Å². The van der Waals surface area contributed by atoms with E-state index in [0.29, 0.717) is 12.8 Å². The molecule has 0 aromatic heterocycles. The zero-order valence-corrected chi connectivity index (χ0v) is 12.0. The fraction of sp³-hybridized carbons (Fsp3) is 0.786. The highest BCUT2D eigenvalue weighted by atomic mass is 16.5. The van der Waals surface area contributed by atoms with Crippen LogP contribution in [-0.2, 0) is 9.53 Å². The van der Waals surface area contributed by atoms with Gasteiger partial charge in [-0.15, -0.1) is 0 Å². The third-order valence-corrected chi connectivity index (χ3v) is 3.11. The molecule has 18 heavy (non-hydrogen) atoms. The SMILES string of the molecule is COC(=O)C(C)CCCC(C)(O)CC/C=C(\C)N. The molecular weight excluding hydrogens is 230 g/mol. The van der Waals surface area contributed by atoms with Crippen LogP contribution in [-0.4, -0.2) is 23.8 Å². The standard InChI is InChI=1S/C14H27NO3/c1-11(13(16)18-4)7-5-9-14(3,17)10-6-8-12(2)15/h8,11,17H,5-7,9-10,15H2,1-4H3/b12-8+. The number of esters is 1. The van der Waals surface area contributed by atoms with Crippen LogP contribution in [0, 0.1) is 5.92 Å². The molecule has 0 aliphatic heterocycles. The van der Waals surface area contributed by atoms with E-state index in [4.69, 9.17) is 5.73 Å². The number of carbonyl (C=O) groups excluding carboxylic acids is 1. The van der Waals surface area contributed by atoms with Crippen molar-refractivity contribution < 1.29 is 14.6 Å². The molecule has 0 heterocycles. The number of hydrogen-bond acceptors (Lipinski definition) is 4. The second-order valence-corrected chi connectivity index (χ2v) is 5.30. The first-order valence-electron chi connectivity index (χ1n) is 6.51. The summed E-state index contributed by atoms with van der Waals surface area (Å²) in [6, 6.07) is 0. The van der Waals surface area contributed by atoms with E-state index in [-0.39, 0.29) is 11.9 Å². The molecule has 0 rings (SSSR count). The van der Waals surface area contributed by atoms with E-state index in [1.807, 2.05) is 26.8 Å². The molecule has 2 atom stereocenters. The Bertz CT molecular complexity index is 281. The number of ether oxygens (including phenoxy) is 1. The van der Waals surface area contributed by atoms with Gasteiger partial charge in [-0.2, -0.15) is 0 Å². The van der Waals surface area contributed by atoms with Crippen LogP contribution in [0.1, 0.15) is 52.9 Å². The topological polar surface area (TPSA) is 72.5 Å². The largest absolute Gasteiger partial charge is 0.469 e. The van der Waals surface area contributed by atoms with Crippen LogP contribution in [0.25, 0.3) is 0 Å². The number of rotatable bonds is 8. The van der Waals surface area contributed by atoms with Crippen molar-refractivity contribution in [2.24, 2.45) is 11.7 Å². The Balaban J connectivity index is 3.89. The Morgan fingerprint density at radius 2 is 2.11 bits per heavy atom. The zero-order chi connectivity index (χ0) is 14.2. The predicted molar refractivity (Wildman–Crippen MR) is 72.8 cm³/mol. The summed E-state index contributed by atoms with van der Waals surface area (Å²) < 4.78 is 4.66. The van der Waals surface area contributed by atoms with E-state index in [9.17, 15) is 9.90 Å². The number of allylic oxidation sites excluding steroid dienone is 2. The Kier molecular flexibility index (Phi) is 7.67. The summed E-state index contributed by atoms with van der Waals surface area (Å²) in [6.07, 6.45) is 5.64. The summed E-state index contributed by atoms with van der Waals surface area (Å²) in [6.45, 7) is 5.52.